The summed E-state index contributed by atoms with van der Waals surface area (Å²) in [6.07, 6.45) is 2.16. The van der Waals surface area contributed by atoms with E-state index in [4.69, 9.17) is 9.47 Å². The molecule has 2 aliphatic rings. The molecule has 1 N–H and O–H groups in total. The molecule has 28 heavy (non-hydrogen) atoms. The molecule has 0 bridgehead atoms. The Morgan fingerprint density at radius 3 is 2.93 bits per heavy atom. The van der Waals surface area contributed by atoms with Gasteiger partial charge in [0.1, 0.15) is 0 Å². The van der Waals surface area contributed by atoms with Crippen molar-refractivity contribution in [1.29, 1.82) is 0 Å². The Balaban J connectivity index is 1.52. The lowest BCUT2D eigenvalue weighted by Crippen LogP contribution is -2.45. The first-order chi connectivity index (χ1) is 13.7. The largest absolute Gasteiger partial charge is 0.493 e. The number of nitrogens with zero attached hydrogens (tertiary/aromatic N) is 1. The van der Waals surface area contributed by atoms with Crippen LogP contribution in [0.25, 0.3) is 0 Å². The van der Waals surface area contributed by atoms with Gasteiger partial charge in [0.25, 0.3) is 0 Å². The minimum Gasteiger partial charge on any atom is -0.493 e. The predicted octanol–water partition coefficient (Wildman–Crippen LogP) is 4.29. The van der Waals surface area contributed by atoms with Crippen LogP contribution in [-0.4, -0.2) is 38.3 Å². The van der Waals surface area contributed by atoms with Gasteiger partial charge in [-0.2, -0.15) is 0 Å². The maximum Gasteiger partial charge on any atom is 0.164 e. The van der Waals surface area contributed by atoms with Gasteiger partial charge in [-0.25, -0.2) is 0 Å². The molecule has 1 saturated heterocycles. The van der Waals surface area contributed by atoms with Crippen LogP contribution >= 0.6 is 0 Å². The Kier molecular flexibility index (Phi) is 5.88. The molecule has 0 amide bonds. The molecule has 0 radical (unpaired) electrons. The summed E-state index contributed by atoms with van der Waals surface area (Å²) in [6.45, 7) is 9.41. The highest BCUT2D eigenvalue weighted by atomic mass is 16.5. The first-order valence-corrected chi connectivity index (χ1v) is 10.5. The number of hydrogen-bond acceptors (Lipinski definition) is 4. The van der Waals surface area contributed by atoms with Crippen molar-refractivity contribution < 1.29 is 9.47 Å². The van der Waals surface area contributed by atoms with Gasteiger partial charge in [0.15, 0.2) is 11.5 Å². The van der Waals surface area contributed by atoms with Crippen molar-refractivity contribution in [3.05, 3.63) is 58.7 Å². The maximum atomic E-state index is 5.85. The number of rotatable bonds is 5. The second kappa shape index (κ2) is 8.54. The molecule has 0 saturated carbocycles. The average molecular weight is 381 g/mol. The molecule has 0 unspecified atom stereocenters. The number of aryl methyl sites for hydroxylation is 1. The van der Waals surface area contributed by atoms with Crippen molar-refractivity contribution in [3.8, 4) is 11.5 Å². The third-order valence-electron chi connectivity index (χ3n) is 5.91. The molecule has 150 valence electrons. The van der Waals surface area contributed by atoms with Gasteiger partial charge in [0.2, 0.25) is 0 Å². The fraction of sp³-hybridized carbons (Fsp3) is 0.500. The lowest BCUT2D eigenvalue weighted by Gasteiger charge is -2.35. The summed E-state index contributed by atoms with van der Waals surface area (Å²) in [4.78, 5) is 2.56. The number of benzene rings is 2. The van der Waals surface area contributed by atoms with Crippen LogP contribution in [0.4, 0.5) is 0 Å². The van der Waals surface area contributed by atoms with E-state index in [1.165, 1.54) is 22.3 Å². The van der Waals surface area contributed by atoms with Gasteiger partial charge in [-0.3, -0.25) is 4.90 Å². The SMILES string of the molecule is COc1cc(CN2CCN[C@H](c3ccccc3C(C)C)C2)cc2c1OCCC2. The van der Waals surface area contributed by atoms with E-state index in [-0.39, 0.29) is 0 Å². The third-order valence-corrected chi connectivity index (χ3v) is 5.91. The van der Waals surface area contributed by atoms with Gasteiger partial charge < -0.3 is 14.8 Å². The molecule has 1 fully saturated rings. The molecule has 4 nitrogen and oxygen atoms in total. The van der Waals surface area contributed by atoms with Gasteiger partial charge in [0, 0.05) is 32.2 Å². The molecular formula is C24H32N2O2. The summed E-state index contributed by atoms with van der Waals surface area (Å²) >= 11 is 0. The molecular weight excluding hydrogens is 348 g/mol. The highest BCUT2D eigenvalue weighted by molar-refractivity contribution is 5.50. The molecule has 2 heterocycles. The molecule has 2 aliphatic heterocycles. The van der Waals surface area contributed by atoms with Crippen molar-refractivity contribution in [2.75, 3.05) is 33.4 Å². The Labute approximate surface area is 168 Å². The number of fused-ring (bicyclic) bond motifs is 1. The smallest absolute Gasteiger partial charge is 0.164 e. The van der Waals surface area contributed by atoms with E-state index >= 15 is 0 Å². The zero-order chi connectivity index (χ0) is 19.5. The van der Waals surface area contributed by atoms with E-state index < -0.39 is 0 Å². The van der Waals surface area contributed by atoms with Crippen molar-refractivity contribution >= 4 is 0 Å². The average Bonchev–Trinajstić information content (AvgIpc) is 2.73. The number of piperazine rings is 1. The van der Waals surface area contributed by atoms with Crippen LogP contribution in [0.2, 0.25) is 0 Å². The zero-order valence-electron chi connectivity index (χ0n) is 17.3. The second-order valence-electron chi connectivity index (χ2n) is 8.26. The van der Waals surface area contributed by atoms with Crippen LogP contribution in [0.15, 0.2) is 36.4 Å². The zero-order valence-corrected chi connectivity index (χ0v) is 17.3. The first kappa shape index (κ1) is 19.3. The topological polar surface area (TPSA) is 33.7 Å². The van der Waals surface area contributed by atoms with Crippen molar-refractivity contribution in [2.24, 2.45) is 0 Å². The van der Waals surface area contributed by atoms with E-state index in [2.05, 4.69) is 60.5 Å². The minimum absolute atomic E-state index is 0.384. The third kappa shape index (κ3) is 4.03. The van der Waals surface area contributed by atoms with Crippen molar-refractivity contribution in [1.82, 2.24) is 10.2 Å². The van der Waals surface area contributed by atoms with E-state index in [1.54, 1.807) is 7.11 Å². The van der Waals surface area contributed by atoms with E-state index in [9.17, 15) is 0 Å². The Morgan fingerprint density at radius 1 is 1.25 bits per heavy atom. The quantitative estimate of drug-likeness (QED) is 0.839. The standard InChI is InChI=1S/C24H32N2O2/c1-17(2)20-8-4-5-9-21(20)22-16-26(11-10-25-22)15-18-13-19-7-6-12-28-24(19)23(14-18)27-3/h4-5,8-9,13-14,17,22,25H,6-7,10-12,15-16H2,1-3H3/t22-/m0/s1. The minimum atomic E-state index is 0.384. The molecule has 0 spiro atoms. The molecule has 4 heteroatoms. The monoisotopic (exact) mass is 380 g/mol. The summed E-state index contributed by atoms with van der Waals surface area (Å²) in [5.74, 6) is 2.36. The Morgan fingerprint density at radius 2 is 2.11 bits per heavy atom. The van der Waals surface area contributed by atoms with Crippen molar-refractivity contribution in [3.63, 3.8) is 0 Å². The Bertz CT molecular complexity index is 801. The van der Waals surface area contributed by atoms with Crippen LogP contribution in [0, 0.1) is 0 Å². The summed E-state index contributed by atoms with van der Waals surface area (Å²) in [5.41, 5.74) is 5.50. The van der Waals surface area contributed by atoms with E-state index in [0.29, 0.717) is 12.0 Å². The number of hydrogen-bond donors (Lipinski definition) is 1. The van der Waals surface area contributed by atoms with Crippen LogP contribution in [0.5, 0.6) is 11.5 Å². The molecule has 1 atom stereocenters. The van der Waals surface area contributed by atoms with Gasteiger partial charge in [-0.05, 0) is 47.1 Å². The summed E-state index contributed by atoms with van der Waals surface area (Å²) < 4.78 is 11.5. The second-order valence-corrected chi connectivity index (χ2v) is 8.26. The molecule has 2 aromatic carbocycles. The van der Waals surface area contributed by atoms with Gasteiger partial charge >= 0.3 is 0 Å². The van der Waals surface area contributed by atoms with E-state index in [1.807, 2.05) is 0 Å². The predicted molar refractivity (Wildman–Crippen MR) is 113 cm³/mol. The fourth-order valence-corrected chi connectivity index (χ4v) is 4.53. The normalized spacial score (nSPS) is 19.9. The Hall–Kier alpha value is -2.04. The first-order valence-electron chi connectivity index (χ1n) is 10.5. The van der Waals surface area contributed by atoms with Gasteiger partial charge in [0.05, 0.1) is 13.7 Å². The number of nitrogens with one attached hydrogen (secondary N) is 1. The lowest BCUT2D eigenvalue weighted by molar-refractivity contribution is 0.192. The number of methoxy groups -OCH3 is 1. The van der Waals surface area contributed by atoms with Crippen LogP contribution in [-0.2, 0) is 13.0 Å². The summed E-state index contributed by atoms with van der Waals surface area (Å²) in [7, 11) is 1.74. The lowest BCUT2D eigenvalue weighted by atomic mass is 9.91. The number of ether oxygens (including phenoxy) is 2. The fourth-order valence-electron chi connectivity index (χ4n) is 4.53. The van der Waals surface area contributed by atoms with Crippen molar-refractivity contribution in [2.45, 2.75) is 45.2 Å². The van der Waals surface area contributed by atoms with Gasteiger partial charge in [-0.1, -0.05) is 44.2 Å². The summed E-state index contributed by atoms with van der Waals surface area (Å²) in [6, 6.07) is 13.7. The highest BCUT2D eigenvalue weighted by Gasteiger charge is 2.24. The highest BCUT2D eigenvalue weighted by Crippen LogP contribution is 2.36. The molecule has 2 aromatic rings. The maximum absolute atomic E-state index is 5.85. The van der Waals surface area contributed by atoms with Gasteiger partial charge in [-0.15, -0.1) is 0 Å². The molecule has 4 rings (SSSR count). The van der Waals surface area contributed by atoms with E-state index in [0.717, 1.165) is 57.1 Å². The molecule has 0 aliphatic carbocycles. The summed E-state index contributed by atoms with van der Waals surface area (Å²) in [5, 5.41) is 3.73. The molecule has 0 aromatic heterocycles. The van der Waals surface area contributed by atoms with Crippen LogP contribution in [0.1, 0.15) is 54.5 Å². The van der Waals surface area contributed by atoms with Crippen LogP contribution < -0.4 is 14.8 Å². The van der Waals surface area contributed by atoms with Crippen LogP contribution in [0.3, 0.4) is 0 Å².